The Labute approximate surface area is 170 Å². The molecule has 2 aliphatic rings. The van der Waals surface area contributed by atoms with Crippen LogP contribution in [0.1, 0.15) is 10.4 Å². The third-order valence-electron chi connectivity index (χ3n) is 5.03. The van der Waals surface area contributed by atoms with Crippen LogP contribution in [0.3, 0.4) is 0 Å². The van der Waals surface area contributed by atoms with Gasteiger partial charge in [-0.2, -0.15) is 0 Å². The molecule has 1 aromatic rings. The summed E-state index contributed by atoms with van der Waals surface area (Å²) >= 11 is 0. The van der Waals surface area contributed by atoms with Crippen LogP contribution in [0.4, 0.5) is 0 Å². The van der Waals surface area contributed by atoms with E-state index in [9.17, 15) is 30.3 Å². The number of carboxylic acids is 1. The van der Waals surface area contributed by atoms with Gasteiger partial charge >= 0.3 is 5.97 Å². The molecule has 168 valence electrons. The van der Waals surface area contributed by atoms with Crippen molar-refractivity contribution in [3.63, 3.8) is 0 Å². The molecule has 0 aliphatic carbocycles. The van der Waals surface area contributed by atoms with E-state index in [1.165, 1.54) is 24.3 Å². The zero-order valence-electron chi connectivity index (χ0n) is 15.6. The second-order valence-corrected chi connectivity index (χ2v) is 7.18. The van der Waals surface area contributed by atoms with Crippen molar-refractivity contribution < 1.29 is 59.5 Å². The third kappa shape index (κ3) is 4.56. The van der Waals surface area contributed by atoms with E-state index in [2.05, 4.69) is 0 Å². The van der Waals surface area contributed by atoms with Crippen molar-refractivity contribution >= 4 is 5.97 Å². The number of aliphatic hydroxyl groups excluding tert-OH is 5. The van der Waals surface area contributed by atoms with Crippen molar-refractivity contribution in [1.29, 1.82) is 0 Å². The van der Waals surface area contributed by atoms with E-state index in [-0.39, 0.29) is 17.9 Å². The molecule has 2 heterocycles. The van der Waals surface area contributed by atoms with Crippen LogP contribution < -0.4 is 4.74 Å². The minimum atomic E-state index is -1.89. The largest absolute Gasteiger partial charge is 0.478 e. The highest BCUT2D eigenvalue weighted by Crippen LogP contribution is 2.28. The van der Waals surface area contributed by atoms with Gasteiger partial charge in [0.25, 0.3) is 0 Å². The normalized spacial score (nSPS) is 39.1. The third-order valence-corrected chi connectivity index (χ3v) is 5.03. The van der Waals surface area contributed by atoms with E-state index in [0.717, 1.165) is 0 Å². The Kier molecular flexibility index (Phi) is 6.91. The van der Waals surface area contributed by atoms with Crippen molar-refractivity contribution in [1.82, 2.24) is 0 Å². The molecule has 2 saturated heterocycles. The van der Waals surface area contributed by atoms with Crippen molar-refractivity contribution in [3.05, 3.63) is 29.8 Å². The number of carbonyl (C=O) groups is 1. The van der Waals surface area contributed by atoms with E-state index < -0.39 is 67.9 Å². The lowest BCUT2D eigenvalue weighted by molar-refractivity contribution is -0.289. The number of hydrogen-bond acceptors (Lipinski definition) is 11. The van der Waals surface area contributed by atoms with Gasteiger partial charge in [0.05, 0.1) is 25.4 Å². The molecule has 0 saturated carbocycles. The summed E-state index contributed by atoms with van der Waals surface area (Å²) in [7, 11) is 0. The van der Waals surface area contributed by atoms with Gasteiger partial charge in [0, 0.05) is 0 Å². The highest BCUT2D eigenvalue weighted by molar-refractivity contribution is 5.87. The molecule has 0 aromatic heterocycles. The topological polar surface area (TPSA) is 196 Å². The molecule has 3 rings (SSSR count). The first kappa shape index (κ1) is 22.8. The van der Waals surface area contributed by atoms with Crippen LogP contribution in [0.2, 0.25) is 0 Å². The predicted molar refractivity (Wildman–Crippen MR) is 94.4 cm³/mol. The van der Waals surface area contributed by atoms with Crippen LogP contribution in [0.5, 0.6) is 5.75 Å². The zero-order chi connectivity index (χ0) is 22.1. The lowest BCUT2D eigenvalue weighted by atomic mass is 9.99. The van der Waals surface area contributed by atoms with Gasteiger partial charge in [0.2, 0.25) is 6.29 Å². The van der Waals surface area contributed by atoms with E-state index >= 15 is 0 Å². The van der Waals surface area contributed by atoms with Gasteiger partial charge in [-0.05, 0) is 24.3 Å². The SMILES string of the molecule is O=C(O)c1ccc(O[C@@H]2O[C@@H](CO[C@@H]3OC[C@@](O)(CO)[C@H]3O)[C@@H](O)[C@@H](O)[C@H]2O)cc1. The first-order valence-electron chi connectivity index (χ1n) is 9.10. The van der Waals surface area contributed by atoms with Gasteiger partial charge in [-0.3, -0.25) is 0 Å². The molecule has 12 nitrogen and oxygen atoms in total. The van der Waals surface area contributed by atoms with Crippen molar-refractivity contribution in [2.24, 2.45) is 0 Å². The van der Waals surface area contributed by atoms with Crippen LogP contribution >= 0.6 is 0 Å². The van der Waals surface area contributed by atoms with Crippen molar-refractivity contribution in [3.8, 4) is 5.75 Å². The minimum Gasteiger partial charge on any atom is -0.478 e. The monoisotopic (exact) mass is 432 g/mol. The molecular formula is C18H24O12. The maximum absolute atomic E-state index is 10.9. The molecule has 0 amide bonds. The summed E-state index contributed by atoms with van der Waals surface area (Å²) in [5.74, 6) is -0.981. The summed E-state index contributed by atoms with van der Waals surface area (Å²) in [6.07, 6.45) is -10.3. The summed E-state index contributed by atoms with van der Waals surface area (Å²) < 4.78 is 21.3. The van der Waals surface area contributed by atoms with E-state index in [1.807, 2.05) is 0 Å². The summed E-state index contributed by atoms with van der Waals surface area (Å²) in [5, 5.41) is 68.4. The minimum absolute atomic E-state index is 0.0205. The van der Waals surface area contributed by atoms with E-state index in [4.69, 9.17) is 29.2 Å². The number of ether oxygens (including phenoxy) is 4. The first-order valence-corrected chi connectivity index (χ1v) is 9.10. The van der Waals surface area contributed by atoms with E-state index in [0.29, 0.717) is 0 Å². The van der Waals surface area contributed by atoms with Crippen LogP contribution in [-0.2, 0) is 14.2 Å². The lowest BCUT2D eigenvalue weighted by Gasteiger charge is -2.40. The Hall–Kier alpha value is -1.87. The molecule has 8 atom stereocenters. The van der Waals surface area contributed by atoms with Crippen LogP contribution in [-0.4, -0.2) is 110 Å². The van der Waals surface area contributed by atoms with Gasteiger partial charge in [-0.1, -0.05) is 0 Å². The van der Waals surface area contributed by atoms with Gasteiger partial charge in [-0.25, -0.2) is 4.79 Å². The van der Waals surface area contributed by atoms with Crippen LogP contribution in [0, 0.1) is 0 Å². The molecule has 1 aromatic carbocycles. The lowest BCUT2D eigenvalue weighted by Crippen LogP contribution is -2.60. The molecule has 30 heavy (non-hydrogen) atoms. The Balaban J connectivity index is 1.62. The smallest absolute Gasteiger partial charge is 0.335 e. The molecule has 0 radical (unpaired) electrons. The molecule has 12 heteroatoms. The fourth-order valence-electron chi connectivity index (χ4n) is 3.09. The number of benzene rings is 1. The quantitative estimate of drug-likeness (QED) is 0.231. The Morgan fingerprint density at radius 3 is 2.30 bits per heavy atom. The Morgan fingerprint density at radius 1 is 1.07 bits per heavy atom. The van der Waals surface area contributed by atoms with Crippen LogP contribution in [0.25, 0.3) is 0 Å². The Bertz CT molecular complexity index is 726. The van der Waals surface area contributed by atoms with Crippen molar-refractivity contribution in [2.75, 3.05) is 19.8 Å². The van der Waals surface area contributed by atoms with Gasteiger partial charge in [0.15, 0.2) is 6.29 Å². The molecule has 7 N–H and O–H groups in total. The predicted octanol–water partition coefficient (Wildman–Crippen LogP) is -2.97. The molecular weight excluding hydrogens is 408 g/mol. The standard InChI is InChI=1S/C18H24O12/c19-6-18(26)7-28-17(14(18)23)27-5-10-11(20)12(21)13(22)16(30-10)29-9-3-1-8(2-4-9)15(24)25/h1-4,10-14,16-17,19-23,26H,5-7H2,(H,24,25)/t10-,11+,12+,13+,14-,16+,17+,18-/m0/s1. The molecule has 0 unspecified atom stereocenters. The fraction of sp³-hybridized carbons (Fsp3) is 0.611. The highest BCUT2D eigenvalue weighted by Gasteiger charge is 2.50. The molecule has 2 fully saturated rings. The van der Waals surface area contributed by atoms with Crippen LogP contribution in [0.15, 0.2) is 24.3 Å². The zero-order valence-corrected chi connectivity index (χ0v) is 15.6. The molecule has 2 aliphatic heterocycles. The average Bonchev–Trinajstić information content (AvgIpc) is 3.02. The molecule has 0 bridgehead atoms. The number of carboxylic acid groups (broad SMARTS) is 1. The summed E-state index contributed by atoms with van der Waals surface area (Å²) in [5.41, 5.74) is -1.87. The average molecular weight is 432 g/mol. The number of hydrogen-bond donors (Lipinski definition) is 7. The maximum Gasteiger partial charge on any atom is 0.335 e. The van der Waals surface area contributed by atoms with E-state index in [1.54, 1.807) is 0 Å². The fourth-order valence-corrected chi connectivity index (χ4v) is 3.09. The van der Waals surface area contributed by atoms with Crippen molar-refractivity contribution in [2.45, 2.75) is 48.7 Å². The molecule has 0 spiro atoms. The number of aliphatic hydroxyl groups is 6. The highest BCUT2D eigenvalue weighted by atomic mass is 16.7. The van der Waals surface area contributed by atoms with Gasteiger partial charge in [-0.15, -0.1) is 0 Å². The second-order valence-electron chi connectivity index (χ2n) is 7.18. The first-order chi connectivity index (χ1) is 14.2. The summed E-state index contributed by atoms with van der Waals surface area (Å²) in [6, 6.07) is 5.22. The summed E-state index contributed by atoms with van der Waals surface area (Å²) in [6.45, 7) is -1.53. The Morgan fingerprint density at radius 2 is 1.73 bits per heavy atom. The number of rotatable bonds is 7. The van der Waals surface area contributed by atoms with Gasteiger partial charge in [0.1, 0.15) is 41.9 Å². The number of aromatic carboxylic acids is 1. The maximum atomic E-state index is 10.9. The van der Waals surface area contributed by atoms with Gasteiger partial charge < -0.3 is 54.7 Å². The summed E-state index contributed by atoms with van der Waals surface area (Å²) in [4.78, 5) is 10.9. The second kappa shape index (κ2) is 9.09.